The second-order valence-corrected chi connectivity index (χ2v) is 9.04. The first kappa shape index (κ1) is 20.8. The summed E-state index contributed by atoms with van der Waals surface area (Å²) in [6.07, 6.45) is 6.14. The van der Waals surface area contributed by atoms with Crippen LogP contribution in [0, 0.1) is 0 Å². The molecule has 3 atom stereocenters. The molecule has 0 bridgehead atoms. The van der Waals surface area contributed by atoms with Crippen LogP contribution in [0.15, 0.2) is 60.9 Å². The summed E-state index contributed by atoms with van der Waals surface area (Å²) >= 11 is 18.5. The first-order valence-corrected chi connectivity index (χ1v) is 11.5. The molecule has 1 aromatic carbocycles. The number of ether oxygens (including phenoxy) is 1. The number of hydrogen-bond donors (Lipinski definition) is 1. The Morgan fingerprint density at radius 2 is 2.06 bits per heavy atom. The molecule has 5 rings (SSSR count). The molecule has 1 N–H and O–H groups in total. The van der Waals surface area contributed by atoms with Gasteiger partial charge < -0.3 is 19.5 Å². The van der Waals surface area contributed by atoms with Crippen molar-refractivity contribution in [3.05, 3.63) is 82.4 Å². The van der Waals surface area contributed by atoms with Crippen LogP contribution in [0.2, 0.25) is 10.0 Å². The zero-order chi connectivity index (χ0) is 21.4. The molecule has 5 nitrogen and oxygen atoms in total. The fraction of sp³-hybridized carbons (Fsp3) is 0.304. The van der Waals surface area contributed by atoms with E-state index in [1.54, 1.807) is 6.07 Å². The minimum Gasteiger partial charge on any atom is -0.376 e. The maximum absolute atomic E-state index is 6.56. The van der Waals surface area contributed by atoms with E-state index in [4.69, 9.17) is 40.2 Å². The van der Waals surface area contributed by atoms with Crippen molar-refractivity contribution in [3.8, 4) is 5.69 Å². The third kappa shape index (κ3) is 4.05. The van der Waals surface area contributed by atoms with Crippen molar-refractivity contribution in [1.82, 2.24) is 19.8 Å². The zero-order valence-corrected chi connectivity index (χ0v) is 19.1. The maximum Gasteiger partial charge on any atom is 0.170 e. The summed E-state index contributed by atoms with van der Waals surface area (Å²) in [5.41, 5.74) is 2.89. The van der Waals surface area contributed by atoms with Crippen LogP contribution in [-0.4, -0.2) is 38.8 Å². The maximum atomic E-state index is 6.56. The molecule has 31 heavy (non-hydrogen) atoms. The van der Waals surface area contributed by atoms with Gasteiger partial charge in [0.05, 0.1) is 34.6 Å². The van der Waals surface area contributed by atoms with Gasteiger partial charge in [-0.05, 0) is 67.5 Å². The van der Waals surface area contributed by atoms with Crippen LogP contribution in [-0.2, 0) is 4.74 Å². The molecule has 3 aromatic rings. The van der Waals surface area contributed by atoms with E-state index >= 15 is 0 Å². The van der Waals surface area contributed by atoms with Crippen LogP contribution in [0.5, 0.6) is 0 Å². The van der Waals surface area contributed by atoms with Gasteiger partial charge in [0.15, 0.2) is 5.11 Å². The monoisotopic (exact) mass is 472 g/mol. The van der Waals surface area contributed by atoms with E-state index in [-0.39, 0.29) is 18.2 Å². The molecule has 0 unspecified atom stereocenters. The molecular weight excluding hydrogens is 451 g/mol. The number of nitrogens with one attached hydrogen (secondary N) is 1. The number of benzene rings is 1. The van der Waals surface area contributed by atoms with Crippen molar-refractivity contribution in [2.75, 3.05) is 13.2 Å². The van der Waals surface area contributed by atoms with E-state index in [1.165, 1.54) is 0 Å². The molecule has 8 heteroatoms. The molecule has 2 aliphatic rings. The standard InChI is InChI=1S/C23H22Cl2N4OS/c24-15-8-9-19(17(25)13-15)28-11-3-7-20(28)22-21(18-6-1-2-10-26-18)27-23(31)29(22)14-16-5-4-12-30-16/h1-3,6-11,13,16,21-22H,4-5,12,14H2,(H,27,31)/t16-,21-,22+/m1/s1. The average Bonchev–Trinajstić information content (AvgIpc) is 3.50. The number of rotatable bonds is 5. The summed E-state index contributed by atoms with van der Waals surface area (Å²) < 4.78 is 8.04. The quantitative estimate of drug-likeness (QED) is 0.508. The summed E-state index contributed by atoms with van der Waals surface area (Å²) in [6, 6.07) is 15.5. The summed E-state index contributed by atoms with van der Waals surface area (Å²) in [4.78, 5) is 6.86. The van der Waals surface area contributed by atoms with Crippen molar-refractivity contribution in [2.24, 2.45) is 0 Å². The van der Waals surface area contributed by atoms with Crippen molar-refractivity contribution in [1.29, 1.82) is 0 Å². The van der Waals surface area contributed by atoms with E-state index in [0.29, 0.717) is 15.2 Å². The van der Waals surface area contributed by atoms with Crippen molar-refractivity contribution < 1.29 is 4.74 Å². The fourth-order valence-corrected chi connectivity index (χ4v) is 5.28. The first-order valence-electron chi connectivity index (χ1n) is 10.3. The molecule has 0 saturated carbocycles. The fourth-order valence-electron chi connectivity index (χ4n) is 4.46. The van der Waals surface area contributed by atoms with Gasteiger partial charge in [-0.25, -0.2) is 0 Å². The van der Waals surface area contributed by atoms with Gasteiger partial charge in [-0.3, -0.25) is 4.98 Å². The lowest BCUT2D eigenvalue weighted by molar-refractivity contribution is 0.0836. The van der Waals surface area contributed by atoms with Gasteiger partial charge >= 0.3 is 0 Å². The van der Waals surface area contributed by atoms with Gasteiger partial charge in [0.1, 0.15) is 0 Å². The van der Waals surface area contributed by atoms with Crippen LogP contribution >= 0.6 is 35.4 Å². The predicted octanol–water partition coefficient (Wildman–Crippen LogP) is 5.33. The highest BCUT2D eigenvalue weighted by Gasteiger charge is 2.42. The van der Waals surface area contributed by atoms with Crippen LogP contribution in [0.25, 0.3) is 5.69 Å². The molecule has 2 fully saturated rings. The largest absolute Gasteiger partial charge is 0.376 e. The Hall–Kier alpha value is -2.12. The lowest BCUT2D eigenvalue weighted by Crippen LogP contribution is -2.36. The number of thiocarbonyl (C=S) groups is 1. The highest BCUT2D eigenvalue weighted by Crippen LogP contribution is 2.41. The highest BCUT2D eigenvalue weighted by atomic mass is 35.5. The Labute approximate surface area is 196 Å². The Bertz CT molecular complexity index is 1080. The second kappa shape index (κ2) is 8.79. The third-order valence-corrected chi connectivity index (χ3v) is 6.76. The molecule has 0 aliphatic carbocycles. The van der Waals surface area contributed by atoms with E-state index in [2.05, 4.69) is 25.8 Å². The summed E-state index contributed by atoms with van der Waals surface area (Å²) in [6.45, 7) is 1.54. The molecular formula is C23H22Cl2N4OS. The number of hydrogen-bond acceptors (Lipinski definition) is 3. The minimum atomic E-state index is -0.0881. The molecule has 0 radical (unpaired) electrons. The predicted molar refractivity (Wildman–Crippen MR) is 127 cm³/mol. The molecule has 0 amide bonds. The van der Waals surface area contributed by atoms with Gasteiger partial charge in [-0.1, -0.05) is 29.3 Å². The number of nitrogens with zero attached hydrogens (tertiary/aromatic N) is 3. The lowest BCUT2D eigenvalue weighted by Gasteiger charge is -2.30. The normalized spacial score (nSPS) is 23.4. The number of pyridine rings is 1. The summed E-state index contributed by atoms with van der Waals surface area (Å²) in [7, 11) is 0. The summed E-state index contributed by atoms with van der Waals surface area (Å²) in [5, 5.41) is 5.43. The Morgan fingerprint density at radius 1 is 1.16 bits per heavy atom. The smallest absolute Gasteiger partial charge is 0.170 e. The molecule has 4 heterocycles. The van der Waals surface area contributed by atoms with Crippen molar-refractivity contribution in [2.45, 2.75) is 31.0 Å². The Kier molecular flexibility index (Phi) is 5.89. The average molecular weight is 473 g/mol. The Morgan fingerprint density at radius 3 is 2.81 bits per heavy atom. The van der Waals surface area contributed by atoms with E-state index in [9.17, 15) is 0 Å². The molecule has 2 aliphatic heterocycles. The van der Waals surface area contributed by atoms with Gasteiger partial charge in [0.25, 0.3) is 0 Å². The van der Waals surface area contributed by atoms with Gasteiger partial charge in [0.2, 0.25) is 0 Å². The minimum absolute atomic E-state index is 0.0617. The highest BCUT2D eigenvalue weighted by molar-refractivity contribution is 7.80. The van der Waals surface area contributed by atoms with E-state index < -0.39 is 0 Å². The van der Waals surface area contributed by atoms with Crippen LogP contribution in [0.4, 0.5) is 0 Å². The topological polar surface area (TPSA) is 42.3 Å². The Balaban J connectivity index is 1.58. The number of halogens is 2. The molecule has 0 spiro atoms. The first-order chi connectivity index (χ1) is 15.1. The van der Waals surface area contributed by atoms with Crippen LogP contribution < -0.4 is 5.32 Å². The number of aromatic nitrogens is 2. The van der Waals surface area contributed by atoms with E-state index in [1.807, 2.05) is 48.8 Å². The van der Waals surface area contributed by atoms with E-state index in [0.717, 1.165) is 43.1 Å². The van der Waals surface area contributed by atoms with Crippen LogP contribution in [0.3, 0.4) is 0 Å². The SMILES string of the molecule is S=C1N[C@H](c2ccccn2)[C@H](c2cccn2-c2ccc(Cl)cc2Cl)N1C[C@H]1CCCO1. The van der Waals surface area contributed by atoms with Gasteiger partial charge in [0, 0.05) is 36.3 Å². The van der Waals surface area contributed by atoms with Crippen molar-refractivity contribution in [3.63, 3.8) is 0 Å². The van der Waals surface area contributed by atoms with Crippen LogP contribution in [0.1, 0.15) is 36.3 Å². The third-order valence-electron chi connectivity index (χ3n) is 5.87. The lowest BCUT2D eigenvalue weighted by atomic mass is 10.0. The molecule has 160 valence electrons. The molecule has 2 aromatic heterocycles. The molecule has 2 saturated heterocycles. The second-order valence-electron chi connectivity index (χ2n) is 7.81. The van der Waals surface area contributed by atoms with Gasteiger partial charge in [-0.2, -0.15) is 0 Å². The van der Waals surface area contributed by atoms with Crippen molar-refractivity contribution >= 4 is 40.5 Å². The zero-order valence-electron chi connectivity index (χ0n) is 16.7. The summed E-state index contributed by atoms with van der Waals surface area (Å²) in [5.74, 6) is 0. The van der Waals surface area contributed by atoms with Gasteiger partial charge in [-0.15, -0.1) is 0 Å².